The Balaban J connectivity index is 1.79. The van der Waals surface area contributed by atoms with E-state index in [0.29, 0.717) is 6.04 Å². The van der Waals surface area contributed by atoms with Gasteiger partial charge in [-0.15, -0.1) is 0 Å². The van der Waals surface area contributed by atoms with Gasteiger partial charge in [-0.05, 0) is 31.5 Å². The summed E-state index contributed by atoms with van der Waals surface area (Å²) in [4.78, 5) is 4.74. The number of hydrogen-bond donors (Lipinski definition) is 0. The Hall–Kier alpha value is -1.09. The van der Waals surface area contributed by atoms with Crippen LogP contribution in [0.4, 0.5) is 10.1 Å². The standard InChI is InChI=1S/C13H17FN2/c14-12-5-1-2-6-13(12)16-9-8-15-7-3-4-11(15)10-16/h1-2,5-6,11H,3-4,7-10H2. The van der Waals surface area contributed by atoms with Gasteiger partial charge in [0.05, 0.1) is 5.69 Å². The number of piperazine rings is 1. The topological polar surface area (TPSA) is 6.48 Å². The molecular weight excluding hydrogens is 203 g/mol. The summed E-state index contributed by atoms with van der Waals surface area (Å²) in [7, 11) is 0. The fourth-order valence-corrected chi connectivity index (χ4v) is 2.92. The fourth-order valence-electron chi connectivity index (χ4n) is 2.92. The Morgan fingerprint density at radius 1 is 1.12 bits per heavy atom. The molecule has 2 fully saturated rings. The Morgan fingerprint density at radius 3 is 2.88 bits per heavy atom. The molecule has 0 saturated carbocycles. The lowest BCUT2D eigenvalue weighted by Crippen LogP contribution is -2.50. The maximum atomic E-state index is 13.7. The lowest BCUT2D eigenvalue weighted by molar-refractivity contribution is 0.230. The third-order valence-corrected chi connectivity index (χ3v) is 3.78. The SMILES string of the molecule is Fc1ccccc1N1CCN2CCCC2C1. The molecule has 0 spiro atoms. The number of halogens is 1. The number of anilines is 1. The highest BCUT2D eigenvalue weighted by atomic mass is 19.1. The van der Waals surface area contributed by atoms with Gasteiger partial charge in [0.2, 0.25) is 0 Å². The van der Waals surface area contributed by atoms with Crippen molar-refractivity contribution in [2.24, 2.45) is 0 Å². The number of fused-ring (bicyclic) bond motifs is 1. The van der Waals surface area contributed by atoms with Crippen molar-refractivity contribution in [3.8, 4) is 0 Å². The van der Waals surface area contributed by atoms with Gasteiger partial charge in [-0.3, -0.25) is 4.90 Å². The van der Waals surface area contributed by atoms with Crippen molar-refractivity contribution in [1.82, 2.24) is 4.90 Å². The molecule has 1 aromatic carbocycles. The smallest absolute Gasteiger partial charge is 0.146 e. The number of para-hydroxylation sites is 1. The molecule has 3 rings (SSSR count). The van der Waals surface area contributed by atoms with E-state index in [1.807, 2.05) is 12.1 Å². The Kier molecular flexibility index (Phi) is 2.56. The maximum absolute atomic E-state index is 13.7. The predicted octanol–water partition coefficient (Wildman–Crippen LogP) is 2.11. The lowest BCUT2D eigenvalue weighted by atomic mass is 10.1. The second kappa shape index (κ2) is 4.06. The Bertz CT molecular complexity index is 380. The number of rotatable bonds is 1. The van der Waals surface area contributed by atoms with E-state index in [1.165, 1.54) is 19.4 Å². The van der Waals surface area contributed by atoms with E-state index < -0.39 is 0 Å². The average Bonchev–Trinajstić information content (AvgIpc) is 2.76. The molecule has 86 valence electrons. The van der Waals surface area contributed by atoms with Crippen molar-refractivity contribution in [3.05, 3.63) is 30.1 Å². The molecule has 2 saturated heterocycles. The lowest BCUT2D eigenvalue weighted by Gasteiger charge is -2.38. The average molecular weight is 220 g/mol. The largest absolute Gasteiger partial charge is 0.366 e. The third kappa shape index (κ3) is 1.69. The first kappa shape index (κ1) is 10.1. The van der Waals surface area contributed by atoms with E-state index in [-0.39, 0.29) is 5.82 Å². The highest BCUT2D eigenvalue weighted by Gasteiger charge is 2.31. The van der Waals surface area contributed by atoms with Crippen LogP contribution >= 0.6 is 0 Å². The van der Waals surface area contributed by atoms with Crippen LogP contribution in [0.3, 0.4) is 0 Å². The molecule has 0 aliphatic carbocycles. The van der Waals surface area contributed by atoms with Crippen LogP contribution in [0.1, 0.15) is 12.8 Å². The first-order valence-electron chi connectivity index (χ1n) is 6.08. The minimum absolute atomic E-state index is 0.0889. The van der Waals surface area contributed by atoms with Gasteiger partial charge in [0.25, 0.3) is 0 Å². The van der Waals surface area contributed by atoms with Crippen molar-refractivity contribution in [1.29, 1.82) is 0 Å². The van der Waals surface area contributed by atoms with Crippen LogP contribution in [0, 0.1) is 5.82 Å². The first-order chi connectivity index (χ1) is 7.84. The molecule has 0 amide bonds. The predicted molar refractivity (Wildman–Crippen MR) is 63.2 cm³/mol. The van der Waals surface area contributed by atoms with Gasteiger partial charge < -0.3 is 4.90 Å². The zero-order valence-corrected chi connectivity index (χ0v) is 9.40. The molecule has 0 aromatic heterocycles. The zero-order chi connectivity index (χ0) is 11.0. The monoisotopic (exact) mass is 220 g/mol. The molecule has 2 heterocycles. The first-order valence-corrected chi connectivity index (χ1v) is 6.08. The molecule has 1 aromatic rings. The van der Waals surface area contributed by atoms with Gasteiger partial charge in [0.15, 0.2) is 0 Å². The van der Waals surface area contributed by atoms with Crippen LogP contribution in [0.5, 0.6) is 0 Å². The molecule has 2 nitrogen and oxygen atoms in total. The summed E-state index contributed by atoms with van der Waals surface area (Å²) >= 11 is 0. The summed E-state index contributed by atoms with van der Waals surface area (Å²) < 4.78 is 13.7. The van der Waals surface area contributed by atoms with E-state index in [9.17, 15) is 4.39 Å². The molecule has 1 atom stereocenters. The van der Waals surface area contributed by atoms with Crippen molar-refractivity contribution >= 4 is 5.69 Å². The number of hydrogen-bond acceptors (Lipinski definition) is 2. The minimum Gasteiger partial charge on any atom is -0.366 e. The maximum Gasteiger partial charge on any atom is 0.146 e. The highest BCUT2D eigenvalue weighted by Crippen LogP contribution is 2.26. The van der Waals surface area contributed by atoms with Gasteiger partial charge >= 0.3 is 0 Å². The molecule has 1 unspecified atom stereocenters. The zero-order valence-electron chi connectivity index (χ0n) is 9.40. The minimum atomic E-state index is -0.0889. The summed E-state index contributed by atoms with van der Waals surface area (Å²) in [6, 6.07) is 7.76. The summed E-state index contributed by atoms with van der Waals surface area (Å²) in [6.07, 6.45) is 2.57. The number of benzene rings is 1. The van der Waals surface area contributed by atoms with Crippen molar-refractivity contribution in [2.75, 3.05) is 31.1 Å². The van der Waals surface area contributed by atoms with Crippen LogP contribution in [0.2, 0.25) is 0 Å². The van der Waals surface area contributed by atoms with Crippen LogP contribution in [-0.4, -0.2) is 37.1 Å². The van der Waals surface area contributed by atoms with Gasteiger partial charge in [-0.2, -0.15) is 0 Å². The van der Waals surface area contributed by atoms with E-state index in [2.05, 4.69) is 9.80 Å². The Morgan fingerprint density at radius 2 is 2.00 bits per heavy atom. The van der Waals surface area contributed by atoms with E-state index in [1.54, 1.807) is 12.1 Å². The second-order valence-electron chi connectivity index (χ2n) is 4.73. The summed E-state index contributed by atoms with van der Waals surface area (Å²) in [5, 5.41) is 0. The van der Waals surface area contributed by atoms with Crippen molar-refractivity contribution in [2.45, 2.75) is 18.9 Å². The normalized spacial score (nSPS) is 25.8. The van der Waals surface area contributed by atoms with Gasteiger partial charge in [0, 0.05) is 25.7 Å². The van der Waals surface area contributed by atoms with E-state index in [0.717, 1.165) is 25.3 Å². The van der Waals surface area contributed by atoms with Gasteiger partial charge in [-0.25, -0.2) is 4.39 Å². The van der Waals surface area contributed by atoms with Crippen molar-refractivity contribution in [3.63, 3.8) is 0 Å². The van der Waals surface area contributed by atoms with Crippen LogP contribution in [0.25, 0.3) is 0 Å². The quantitative estimate of drug-likeness (QED) is 0.715. The summed E-state index contributed by atoms with van der Waals surface area (Å²) in [5.41, 5.74) is 0.772. The molecule has 0 radical (unpaired) electrons. The molecule has 3 heteroatoms. The molecule has 2 aliphatic rings. The molecular formula is C13H17FN2. The third-order valence-electron chi connectivity index (χ3n) is 3.78. The van der Waals surface area contributed by atoms with Crippen LogP contribution in [0.15, 0.2) is 24.3 Å². The van der Waals surface area contributed by atoms with Crippen LogP contribution < -0.4 is 4.90 Å². The van der Waals surface area contributed by atoms with E-state index >= 15 is 0 Å². The summed E-state index contributed by atoms with van der Waals surface area (Å²) in [5.74, 6) is -0.0889. The molecule has 0 bridgehead atoms. The van der Waals surface area contributed by atoms with Crippen molar-refractivity contribution < 1.29 is 4.39 Å². The Labute approximate surface area is 95.7 Å². The molecule has 16 heavy (non-hydrogen) atoms. The second-order valence-corrected chi connectivity index (χ2v) is 4.73. The van der Waals surface area contributed by atoms with Gasteiger partial charge in [0.1, 0.15) is 5.82 Å². The fraction of sp³-hybridized carbons (Fsp3) is 0.538. The van der Waals surface area contributed by atoms with Gasteiger partial charge in [-0.1, -0.05) is 12.1 Å². The molecule has 0 N–H and O–H groups in total. The number of nitrogens with zero attached hydrogens (tertiary/aromatic N) is 2. The van der Waals surface area contributed by atoms with E-state index in [4.69, 9.17) is 0 Å². The van der Waals surface area contributed by atoms with Crippen LogP contribution in [-0.2, 0) is 0 Å². The summed E-state index contributed by atoms with van der Waals surface area (Å²) in [6.45, 7) is 4.26. The highest BCUT2D eigenvalue weighted by molar-refractivity contribution is 5.48. The molecule has 2 aliphatic heterocycles.